The van der Waals surface area contributed by atoms with Crippen LogP contribution in [0.1, 0.15) is 12.8 Å². The van der Waals surface area contributed by atoms with Crippen molar-refractivity contribution in [3.8, 4) is 0 Å². The Labute approximate surface area is 42.0 Å². The Bertz CT molecular complexity index is 156. The van der Waals surface area contributed by atoms with E-state index in [1.807, 2.05) is 0 Å². The van der Waals surface area contributed by atoms with Gasteiger partial charge in [0, 0.05) is 12.3 Å². The summed E-state index contributed by atoms with van der Waals surface area (Å²) in [6.45, 7) is 0. The van der Waals surface area contributed by atoms with Crippen molar-refractivity contribution in [3.63, 3.8) is 0 Å². The molecule has 0 heterocycles. The molecule has 0 spiro atoms. The second-order valence-electron chi connectivity index (χ2n) is 2.21. The second kappa shape index (κ2) is 0.808. The molecule has 0 amide bonds. The summed E-state index contributed by atoms with van der Waals surface area (Å²) in [5.74, 6) is 0.859. The van der Waals surface area contributed by atoms with Crippen LogP contribution in [0.25, 0.3) is 0 Å². The van der Waals surface area contributed by atoms with Gasteiger partial charge in [-0.2, -0.15) is 0 Å². The zero-order valence-electron chi connectivity index (χ0n) is 3.98. The summed E-state index contributed by atoms with van der Waals surface area (Å²) in [7, 11) is 0. The van der Waals surface area contributed by atoms with Gasteiger partial charge in [0.05, 0.1) is 0 Å². The highest BCUT2D eigenvalue weighted by molar-refractivity contribution is 5.96. The molecule has 1 unspecified atom stereocenters. The van der Waals surface area contributed by atoms with E-state index in [4.69, 9.17) is 0 Å². The Morgan fingerprint density at radius 3 is 2.57 bits per heavy atom. The molecule has 7 heavy (non-hydrogen) atoms. The van der Waals surface area contributed by atoms with Gasteiger partial charge >= 0.3 is 0 Å². The fourth-order valence-corrected chi connectivity index (χ4v) is 1.13. The first-order valence-corrected chi connectivity index (χ1v) is 2.59. The lowest BCUT2D eigenvalue weighted by Gasteiger charge is -2.34. The molecule has 0 aromatic carbocycles. The third-order valence-electron chi connectivity index (χ3n) is 1.83. The fourth-order valence-electron chi connectivity index (χ4n) is 1.13. The Hall–Kier alpha value is -0.590. The maximum atomic E-state index is 10.5. The predicted molar refractivity (Wildman–Crippen MR) is 25.8 cm³/mol. The van der Waals surface area contributed by atoms with Gasteiger partial charge in [0.25, 0.3) is 0 Å². The number of hydrogen-bond donors (Lipinski definition) is 0. The lowest BCUT2D eigenvalue weighted by Crippen LogP contribution is -2.34. The maximum absolute atomic E-state index is 10.5. The number of fused-ring (bicyclic) bond motifs is 1. The Kier molecular flexibility index (Phi) is 0.394. The molecule has 0 radical (unpaired) electrons. The van der Waals surface area contributed by atoms with Crippen LogP contribution in [0.2, 0.25) is 0 Å². The van der Waals surface area contributed by atoms with Gasteiger partial charge in [0.15, 0.2) is 0 Å². The van der Waals surface area contributed by atoms with Crippen molar-refractivity contribution in [2.75, 3.05) is 0 Å². The Balaban J connectivity index is 2.33. The van der Waals surface area contributed by atoms with Crippen LogP contribution in [0.3, 0.4) is 0 Å². The zero-order valence-corrected chi connectivity index (χ0v) is 3.98. The molecule has 2 aliphatic carbocycles. The number of rotatable bonds is 0. The van der Waals surface area contributed by atoms with Gasteiger partial charge in [0.1, 0.15) is 5.78 Å². The summed E-state index contributed by atoms with van der Waals surface area (Å²) >= 11 is 0. The number of hydrogen-bond acceptors (Lipinski definition) is 1. The Morgan fingerprint density at radius 2 is 2.57 bits per heavy atom. The van der Waals surface area contributed by atoms with Crippen LogP contribution in [-0.4, -0.2) is 5.78 Å². The smallest absolute Gasteiger partial charge is 0.144 e. The van der Waals surface area contributed by atoms with E-state index >= 15 is 0 Å². The minimum absolute atomic E-state index is 0.403. The van der Waals surface area contributed by atoms with E-state index in [-0.39, 0.29) is 0 Å². The summed E-state index contributed by atoms with van der Waals surface area (Å²) in [5.41, 5.74) is 1.39. The fraction of sp³-hybridized carbons (Fsp3) is 0.500. The SMILES string of the molecule is O=C1CC2=CCC12. The summed E-state index contributed by atoms with van der Waals surface area (Å²) in [5, 5.41) is 0. The maximum Gasteiger partial charge on any atom is 0.144 e. The molecule has 0 aliphatic heterocycles. The Morgan fingerprint density at radius 1 is 1.71 bits per heavy atom. The topological polar surface area (TPSA) is 17.1 Å². The van der Waals surface area contributed by atoms with Gasteiger partial charge in [0.2, 0.25) is 0 Å². The van der Waals surface area contributed by atoms with E-state index in [9.17, 15) is 4.79 Å². The van der Waals surface area contributed by atoms with E-state index in [1.165, 1.54) is 5.57 Å². The van der Waals surface area contributed by atoms with Crippen LogP contribution in [-0.2, 0) is 4.79 Å². The van der Waals surface area contributed by atoms with Crippen LogP contribution in [0.15, 0.2) is 11.6 Å². The van der Waals surface area contributed by atoms with Gasteiger partial charge in [-0.05, 0) is 6.42 Å². The highest BCUT2D eigenvalue weighted by Gasteiger charge is 2.38. The lowest BCUT2D eigenvalue weighted by atomic mass is 9.68. The van der Waals surface area contributed by atoms with Gasteiger partial charge in [-0.15, -0.1) is 0 Å². The average Bonchev–Trinajstić information content (AvgIpc) is 1.59. The first-order chi connectivity index (χ1) is 3.38. The molecule has 0 saturated heterocycles. The van der Waals surface area contributed by atoms with Crippen LogP contribution < -0.4 is 0 Å². The van der Waals surface area contributed by atoms with Gasteiger partial charge in [-0.3, -0.25) is 4.79 Å². The highest BCUT2D eigenvalue weighted by atomic mass is 16.1. The van der Waals surface area contributed by atoms with Crippen molar-refractivity contribution < 1.29 is 4.79 Å². The molecule has 1 heteroatoms. The monoisotopic (exact) mass is 94.0 g/mol. The molecule has 2 rings (SSSR count). The molecule has 1 nitrogen and oxygen atoms in total. The third-order valence-corrected chi connectivity index (χ3v) is 1.83. The molecule has 1 atom stereocenters. The van der Waals surface area contributed by atoms with Gasteiger partial charge < -0.3 is 0 Å². The molecule has 36 valence electrons. The third kappa shape index (κ3) is 0.234. The summed E-state index contributed by atoms with van der Waals surface area (Å²) in [6, 6.07) is 0. The largest absolute Gasteiger partial charge is 0.299 e. The number of Topliss-reactive ketones (excluding diaryl/α,β-unsaturated/α-hetero) is 1. The molecular formula is C6H6O. The first kappa shape index (κ1) is 3.42. The number of allylic oxidation sites excluding steroid dienone is 2. The number of carbonyl (C=O) groups excluding carboxylic acids is 1. The van der Waals surface area contributed by atoms with E-state index < -0.39 is 0 Å². The van der Waals surface area contributed by atoms with Crippen LogP contribution >= 0.6 is 0 Å². The van der Waals surface area contributed by atoms with E-state index in [1.54, 1.807) is 0 Å². The van der Waals surface area contributed by atoms with Gasteiger partial charge in [-0.1, -0.05) is 11.6 Å². The molecule has 0 aromatic rings. The highest BCUT2D eigenvalue weighted by Crippen LogP contribution is 2.40. The predicted octanol–water partition coefficient (Wildman–Crippen LogP) is 0.905. The molecule has 1 saturated carbocycles. The van der Waals surface area contributed by atoms with E-state index in [0.29, 0.717) is 11.7 Å². The minimum Gasteiger partial charge on any atom is -0.299 e. The van der Waals surface area contributed by atoms with Crippen LogP contribution in [0.5, 0.6) is 0 Å². The normalized spacial score (nSPS) is 35.1. The van der Waals surface area contributed by atoms with Crippen molar-refractivity contribution in [1.82, 2.24) is 0 Å². The van der Waals surface area contributed by atoms with Gasteiger partial charge in [-0.25, -0.2) is 0 Å². The standard InChI is InChI=1S/C6H6O/c7-6-3-4-1-2-5(4)6/h1,5H,2-3H2. The van der Waals surface area contributed by atoms with Crippen molar-refractivity contribution in [1.29, 1.82) is 0 Å². The zero-order chi connectivity index (χ0) is 4.85. The average molecular weight is 94.1 g/mol. The summed E-state index contributed by atoms with van der Waals surface area (Å²) < 4.78 is 0. The molecule has 1 fully saturated rings. The molecule has 0 bridgehead atoms. The minimum atomic E-state index is 0.403. The van der Waals surface area contributed by atoms with Crippen molar-refractivity contribution in [3.05, 3.63) is 11.6 Å². The van der Waals surface area contributed by atoms with Crippen molar-refractivity contribution >= 4 is 5.78 Å². The van der Waals surface area contributed by atoms with Crippen molar-refractivity contribution in [2.24, 2.45) is 5.92 Å². The second-order valence-corrected chi connectivity index (χ2v) is 2.21. The lowest BCUT2D eigenvalue weighted by molar-refractivity contribution is -0.125. The molecular weight excluding hydrogens is 88.1 g/mol. The number of ketones is 1. The molecule has 0 aromatic heterocycles. The van der Waals surface area contributed by atoms with E-state index in [0.717, 1.165) is 12.8 Å². The molecule has 2 aliphatic rings. The van der Waals surface area contributed by atoms with E-state index in [2.05, 4.69) is 6.08 Å². The summed E-state index contributed by atoms with van der Waals surface area (Å²) in [6.07, 6.45) is 3.96. The molecule has 0 N–H and O–H groups in total. The van der Waals surface area contributed by atoms with Crippen LogP contribution in [0.4, 0.5) is 0 Å². The van der Waals surface area contributed by atoms with Crippen molar-refractivity contribution in [2.45, 2.75) is 12.8 Å². The van der Waals surface area contributed by atoms with Crippen LogP contribution in [0, 0.1) is 5.92 Å². The number of carbonyl (C=O) groups is 1. The quantitative estimate of drug-likeness (QED) is 0.408. The first-order valence-electron chi connectivity index (χ1n) is 2.59. The summed E-state index contributed by atoms with van der Waals surface area (Å²) in [4.78, 5) is 10.5.